The molecule has 0 amide bonds. The van der Waals surface area contributed by atoms with Crippen LogP contribution in [0, 0.1) is 56.2 Å². The van der Waals surface area contributed by atoms with E-state index in [0.717, 1.165) is 0 Å². The van der Waals surface area contributed by atoms with Gasteiger partial charge in [-0.15, -0.1) is 0 Å². The van der Waals surface area contributed by atoms with Gasteiger partial charge in [0, 0.05) is 12.5 Å². The molecule has 1 N–H and O–H groups in total. The Balaban J connectivity index is 2.37. The van der Waals surface area contributed by atoms with E-state index >= 15 is 0 Å². The first-order valence-electron chi connectivity index (χ1n) is 8.22. The molecule has 2 saturated heterocycles. The van der Waals surface area contributed by atoms with Crippen LogP contribution < -0.4 is 9.47 Å². The minimum absolute atomic E-state index is 0.289. The second kappa shape index (κ2) is 5.87. The zero-order valence-corrected chi connectivity index (χ0v) is 15.4. The fourth-order valence-electron chi connectivity index (χ4n) is 4.11. The molecule has 0 aromatic heterocycles. The predicted octanol–water partition coefficient (Wildman–Crippen LogP) is 2.68. The Morgan fingerprint density at radius 3 is 2.30 bits per heavy atom. The van der Waals surface area contributed by atoms with E-state index in [2.05, 4.69) is 0 Å². The molecule has 0 radical (unpaired) electrons. The first-order valence-corrected chi connectivity index (χ1v) is 8.22. The van der Waals surface area contributed by atoms with Crippen molar-refractivity contribution in [3.8, 4) is 29.7 Å². The first kappa shape index (κ1) is 18.5. The van der Waals surface area contributed by atoms with E-state index in [9.17, 15) is 15.8 Å². The molecule has 1 aromatic rings. The van der Waals surface area contributed by atoms with Gasteiger partial charge in [0.05, 0.1) is 38.3 Å². The van der Waals surface area contributed by atoms with Crippen LogP contribution in [-0.2, 0) is 9.47 Å². The molecule has 3 rings (SSSR count). The molecule has 2 bridgehead atoms. The van der Waals surface area contributed by atoms with Gasteiger partial charge in [-0.1, -0.05) is 19.1 Å². The van der Waals surface area contributed by atoms with E-state index in [1.807, 2.05) is 18.2 Å². The van der Waals surface area contributed by atoms with Crippen LogP contribution in [0.3, 0.4) is 0 Å². The van der Waals surface area contributed by atoms with Crippen LogP contribution in [0.25, 0.3) is 0 Å². The van der Waals surface area contributed by atoms with Crippen molar-refractivity contribution in [3.63, 3.8) is 0 Å². The highest BCUT2D eigenvalue weighted by Crippen LogP contribution is 2.67. The van der Waals surface area contributed by atoms with Crippen molar-refractivity contribution in [3.05, 3.63) is 23.8 Å². The molecule has 2 fully saturated rings. The minimum Gasteiger partial charge on any atom is -0.493 e. The maximum absolute atomic E-state index is 10.1. The van der Waals surface area contributed by atoms with Crippen molar-refractivity contribution >= 4 is 5.90 Å². The summed E-state index contributed by atoms with van der Waals surface area (Å²) in [5, 5.41) is 38.5. The molecule has 1 aromatic carbocycles. The normalized spacial score (nSPS) is 33.1. The monoisotopic (exact) mass is 366 g/mol. The lowest BCUT2D eigenvalue weighted by Gasteiger charge is -2.47. The van der Waals surface area contributed by atoms with E-state index < -0.39 is 34.5 Å². The average molecular weight is 366 g/mol. The smallest absolute Gasteiger partial charge is 0.214 e. The topological polar surface area (TPSA) is 132 Å². The third-order valence-corrected chi connectivity index (χ3v) is 5.71. The molecule has 4 atom stereocenters. The summed E-state index contributed by atoms with van der Waals surface area (Å²) in [6, 6.07) is 11.0. The molecule has 0 unspecified atom stereocenters. The average Bonchev–Trinajstić information content (AvgIpc) is 2.82. The zero-order chi connectivity index (χ0) is 20.0. The number of hydrogen-bond acceptors (Lipinski definition) is 8. The van der Waals surface area contributed by atoms with Crippen molar-refractivity contribution in [2.45, 2.75) is 25.7 Å². The van der Waals surface area contributed by atoms with Gasteiger partial charge in [0.1, 0.15) is 6.10 Å². The summed E-state index contributed by atoms with van der Waals surface area (Å²) in [5.41, 5.74) is -3.44. The number of methoxy groups -OCH3 is 2. The van der Waals surface area contributed by atoms with Gasteiger partial charge in [-0.25, -0.2) is 0 Å². The van der Waals surface area contributed by atoms with Gasteiger partial charge in [0.25, 0.3) is 0 Å². The van der Waals surface area contributed by atoms with Crippen LogP contribution in [0.4, 0.5) is 0 Å². The van der Waals surface area contributed by atoms with Crippen LogP contribution in [0.2, 0.25) is 0 Å². The van der Waals surface area contributed by atoms with E-state index in [1.54, 1.807) is 32.0 Å². The Hall–Kier alpha value is -3.28. The molecule has 8 heteroatoms. The standard InChI is InChI=1S/C19H18N4O4/c1-11-17(2)26-15(12-6-5-7-13(24-3)14(12)25-4)18(8-20,9-21)19(11,10-22)16(23)27-17/h5-7,11,15,23H,1-4H3/t11-,15-,17-,19+/m0/s1. The van der Waals surface area contributed by atoms with E-state index in [-0.39, 0.29) is 5.75 Å². The number of nitrogens with zero attached hydrogens (tertiary/aromatic N) is 3. The van der Waals surface area contributed by atoms with Crippen LogP contribution in [0.5, 0.6) is 11.5 Å². The first-order chi connectivity index (χ1) is 12.8. The molecule has 0 spiro atoms. The quantitative estimate of drug-likeness (QED) is 0.869. The maximum atomic E-state index is 10.1. The highest BCUT2D eigenvalue weighted by Gasteiger charge is 2.78. The summed E-state index contributed by atoms with van der Waals surface area (Å²) in [6.45, 7) is 3.25. The van der Waals surface area contributed by atoms with Crippen molar-refractivity contribution in [1.29, 1.82) is 21.2 Å². The SMILES string of the molecule is COc1cccc([C@@H]2O[C@@]3(C)OC(=N)[C@@](C#N)([C@H]3C)C2(C#N)C#N)c1OC. The summed E-state index contributed by atoms with van der Waals surface area (Å²) < 4.78 is 22.4. The highest BCUT2D eigenvalue weighted by atomic mass is 16.7. The van der Waals surface area contributed by atoms with Gasteiger partial charge in [0.2, 0.25) is 17.1 Å². The minimum atomic E-state index is -2.02. The molecular formula is C19H18N4O4. The highest BCUT2D eigenvalue weighted by molar-refractivity contribution is 5.89. The lowest BCUT2D eigenvalue weighted by Crippen LogP contribution is -2.57. The van der Waals surface area contributed by atoms with E-state index in [1.165, 1.54) is 14.2 Å². The third kappa shape index (κ3) is 1.95. The zero-order valence-electron chi connectivity index (χ0n) is 15.4. The third-order valence-electron chi connectivity index (χ3n) is 5.71. The Labute approximate surface area is 156 Å². The molecule has 27 heavy (non-hydrogen) atoms. The molecule has 138 valence electrons. The van der Waals surface area contributed by atoms with Gasteiger partial charge in [-0.2, -0.15) is 15.8 Å². The number of nitriles is 3. The number of nitrogens with one attached hydrogen (secondary N) is 1. The molecule has 2 heterocycles. The van der Waals surface area contributed by atoms with Crippen molar-refractivity contribution < 1.29 is 18.9 Å². The number of ether oxygens (including phenoxy) is 4. The van der Waals surface area contributed by atoms with E-state index in [0.29, 0.717) is 11.3 Å². The summed E-state index contributed by atoms with van der Waals surface area (Å²) in [4.78, 5) is 0. The number of para-hydroxylation sites is 1. The Kier molecular flexibility index (Phi) is 4.03. The molecular weight excluding hydrogens is 348 g/mol. The lowest BCUT2D eigenvalue weighted by molar-refractivity contribution is -0.269. The summed E-state index contributed by atoms with van der Waals surface area (Å²) in [7, 11) is 2.90. The molecule has 0 aliphatic carbocycles. The van der Waals surface area contributed by atoms with Crippen molar-refractivity contribution in [2.24, 2.45) is 16.7 Å². The number of fused-ring (bicyclic) bond motifs is 2. The predicted molar refractivity (Wildman–Crippen MR) is 91.5 cm³/mol. The molecule has 2 aliphatic heterocycles. The number of hydrogen-bond donors (Lipinski definition) is 1. The van der Waals surface area contributed by atoms with Crippen LogP contribution in [0.15, 0.2) is 18.2 Å². The van der Waals surface area contributed by atoms with Gasteiger partial charge in [-0.3, -0.25) is 5.41 Å². The second-order valence-electron chi connectivity index (χ2n) is 6.70. The second-order valence-corrected chi connectivity index (χ2v) is 6.70. The molecule has 8 nitrogen and oxygen atoms in total. The number of rotatable bonds is 3. The fraction of sp³-hybridized carbons (Fsp3) is 0.474. The fourth-order valence-corrected chi connectivity index (χ4v) is 4.11. The molecule has 2 aliphatic rings. The van der Waals surface area contributed by atoms with Gasteiger partial charge in [-0.05, 0) is 6.07 Å². The van der Waals surface area contributed by atoms with Crippen LogP contribution in [-0.4, -0.2) is 25.9 Å². The molecule has 0 saturated carbocycles. The van der Waals surface area contributed by atoms with Crippen molar-refractivity contribution in [2.75, 3.05) is 14.2 Å². The van der Waals surface area contributed by atoms with E-state index in [4.69, 9.17) is 24.4 Å². The maximum Gasteiger partial charge on any atom is 0.214 e. The van der Waals surface area contributed by atoms with Crippen LogP contribution in [0.1, 0.15) is 25.5 Å². The van der Waals surface area contributed by atoms with Crippen molar-refractivity contribution in [1.82, 2.24) is 0 Å². The summed E-state index contributed by atoms with van der Waals surface area (Å²) in [6.07, 6.45) is -1.19. The number of benzene rings is 1. The van der Waals surface area contributed by atoms with Crippen LogP contribution >= 0.6 is 0 Å². The Morgan fingerprint density at radius 1 is 1.11 bits per heavy atom. The van der Waals surface area contributed by atoms with Gasteiger partial charge < -0.3 is 18.9 Å². The largest absolute Gasteiger partial charge is 0.493 e. The van der Waals surface area contributed by atoms with Gasteiger partial charge >= 0.3 is 0 Å². The Morgan fingerprint density at radius 2 is 1.78 bits per heavy atom. The summed E-state index contributed by atoms with van der Waals surface area (Å²) >= 11 is 0. The lowest BCUT2D eigenvalue weighted by atomic mass is 9.54. The van der Waals surface area contributed by atoms with Gasteiger partial charge in [0.15, 0.2) is 16.9 Å². The summed E-state index contributed by atoms with van der Waals surface area (Å²) in [5.74, 6) is -1.82. The Bertz CT molecular complexity index is 926.